The van der Waals surface area contributed by atoms with Gasteiger partial charge in [0.1, 0.15) is 0 Å². The Hall–Kier alpha value is -2.72. The van der Waals surface area contributed by atoms with E-state index >= 15 is 0 Å². The second-order valence-electron chi connectivity index (χ2n) is 12.2. The molecule has 3 fully saturated rings. The first-order chi connectivity index (χ1) is 19.4. The number of fused-ring (bicyclic) bond motifs is 2. The van der Waals surface area contributed by atoms with Crippen LogP contribution < -0.4 is 10.2 Å². The molecule has 3 aliphatic rings. The van der Waals surface area contributed by atoms with Gasteiger partial charge in [-0.3, -0.25) is 19.0 Å². The first-order valence-electron chi connectivity index (χ1n) is 15.1. The van der Waals surface area contributed by atoms with Crippen LogP contribution in [-0.2, 0) is 14.3 Å². The molecule has 1 aliphatic carbocycles. The van der Waals surface area contributed by atoms with Crippen LogP contribution >= 0.6 is 11.5 Å². The molecule has 2 saturated heterocycles. The van der Waals surface area contributed by atoms with Gasteiger partial charge in [0.05, 0.1) is 49.3 Å². The summed E-state index contributed by atoms with van der Waals surface area (Å²) < 4.78 is 12.4. The van der Waals surface area contributed by atoms with Crippen LogP contribution in [-0.4, -0.2) is 84.2 Å². The van der Waals surface area contributed by atoms with Crippen LogP contribution in [0, 0.1) is 17.8 Å². The van der Waals surface area contributed by atoms with Crippen LogP contribution in [0.3, 0.4) is 0 Å². The summed E-state index contributed by atoms with van der Waals surface area (Å²) in [6.45, 7) is 9.90. The molecular formula is C30H44N5O4S+. The van der Waals surface area contributed by atoms with Gasteiger partial charge in [-0.05, 0) is 61.7 Å². The highest BCUT2D eigenvalue weighted by Crippen LogP contribution is 2.38. The number of carbonyl (C=O) groups is 3. The normalized spacial score (nSPS) is 22.7. The lowest BCUT2D eigenvalue weighted by Gasteiger charge is -2.44. The highest BCUT2D eigenvalue weighted by atomic mass is 32.1. The molecular weight excluding hydrogens is 526 g/mol. The standard InChI is InChI=1S/C30H43N5O4S/c1-22(2)13-14-31-30(38)39-21-35(18-8-7-15-34-28(36)23-9-3-4-10-24(23)29(34)37)19-16-33(17-20-35)27-25-11-5-6-12-26(25)40-32-27/h5-6,11-12,22-24H,3-4,7-10,13-21H2,1-2H3/p+1. The Kier molecular flexibility index (Phi) is 9.25. The zero-order valence-corrected chi connectivity index (χ0v) is 24.8. The maximum atomic E-state index is 12.9. The number of rotatable bonds is 11. The number of alkyl carbamates (subject to hydrolysis) is 1. The van der Waals surface area contributed by atoms with Crippen molar-refractivity contribution in [2.24, 2.45) is 17.8 Å². The Morgan fingerprint density at radius 3 is 2.50 bits per heavy atom. The molecule has 9 nitrogen and oxygen atoms in total. The zero-order valence-electron chi connectivity index (χ0n) is 24.0. The maximum Gasteiger partial charge on any atom is 0.411 e. The Morgan fingerprint density at radius 2 is 1.80 bits per heavy atom. The predicted octanol–water partition coefficient (Wildman–Crippen LogP) is 4.62. The van der Waals surface area contributed by atoms with Crippen LogP contribution in [0.15, 0.2) is 24.3 Å². The first-order valence-corrected chi connectivity index (χ1v) is 15.8. The summed E-state index contributed by atoms with van der Waals surface area (Å²) >= 11 is 1.53. The van der Waals surface area contributed by atoms with Gasteiger partial charge in [-0.1, -0.05) is 38.8 Å². The van der Waals surface area contributed by atoms with Gasteiger partial charge in [0, 0.05) is 18.5 Å². The lowest BCUT2D eigenvalue weighted by molar-refractivity contribution is -0.944. The van der Waals surface area contributed by atoms with E-state index in [9.17, 15) is 14.4 Å². The minimum Gasteiger partial charge on any atom is -0.399 e. The van der Waals surface area contributed by atoms with Gasteiger partial charge in [0.2, 0.25) is 18.5 Å². The van der Waals surface area contributed by atoms with E-state index < -0.39 is 0 Å². The number of likely N-dealkylation sites (tertiary alicyclic amines) is 1. The Bertz CT molecular complexity index is 1170. The quantitative estimate of drug-likeness (QED) is 0.241. The van der Waals surface area contributed by atoms with Gasteiger partial charge < -0.3 is 15.0 Å². The number of aromatic nitrogens is 1. The Labute approximate surface area is 241 Å². The smallest absolute Gasteiger partial charge is 0.399 e. The number of nitrogens with zero attached hydrogens (tertiary/aromatic N) is 4. The fraction of sp³-hybridized carbons (Fsp3) is 0.667. The average Bonchev–Trinajstić information content (AvgIpc) is 3.49. The van der Waals surface area contributed by atoms with Crippen molar-refractivity contribution >= 4 is 45.3 Å². The monoisotopic (exact) mass is 570 g/mol. The van der Waals surface area contributed by atoms with Gasteiger partial charge in [-0.25, -0.2) is 4.79 Å². The number of amides is 3. The summed E-state index contributed by atoms with van der Waals surface area (Å²) in [5.41, 5.74) is 0. The highest BCUT2D eigenvalue weighted by Gasteiger charge is 2.47. The number of unbranched alkanes of at least 4 members (excludes halogenated alkanes) is 1. The van der Waals surface area contributed by atoms with Crippen molar-refractivity contribution in [2.75, 3.05) is 57.4 Å². The van der Waals surface area contributed by atoms with Gasteiger partial charge in [0.15, 0.2) is 5.82 Å². The number of hydrogen-bond acceptors (Lipinski definition) is 7. The number of hydrogen-bond donors (Lipinski definition) is 1. The van der Waals surface area contributed by atoms with E-state index in [2.05, 4.69) is 42.3 Å². The van der Waals surface area contributed by atoms with Crippen molar-refractivity contribution in [2.45, 2.75) is 58.8 Å². The van der Waals surface area contributed by atoms with Crippen molar-refractivity contribution in [1.82, 2.24) is 14.6 Å². The molecule has 3 heterocycles. The molecule has 1 aromatic carbocycles. The van der Waals surface area contributed by atoms with Gasteiger partial charge in [0.25, 0.3) is 0 Å². The molecule has 1 N–H and O–H groups in total. The van der Waals surface area contributed by atoms with Crippen molar-refractivity contribution in [3.05, 3.63) is 24.3 Å². The number of anilines is 1. The number of ether oxygens (including phenoxy) is 1. The van der Waals surface area contributed by atoms with Crippen LogP contribution in [0.1, 0.15) is 58.8 Å². The number of imide groups is 1. The molecule has 2 aliphatic heterocycles. The molecule has 2 aromatic rings. The van der Waals surface area contributed by atoms with Crippen LogP contribution in [0.4, 0.5) is 10.6 Å². The summed E-state index contributed by atoms with van der Waals surface area (Å²) in [5, 5.41) is 4.08. The highest BCUT2D eigenvalue weighted by molar-refractivity contribution is 7.13. The lowest BCUT2D eigenvalue weighted by Crippen LogP contribution is -2.61. The second kappa shape index (κ2) is 12.9. The second-order valence-corrected chi connectivity index (χ2v) is 13.0. The average molecular weight is 571 g/mol. The number of benzene rings is 1. The van der Waals surface area contributed by atoms with Crippen molar-refractivity contribution in [1.29, 1.82) is 0 Å². The van der Waals surface area contributed by atoms with E-state index in [1.54, 1.807) is 0 Å². The van der Waals surface area contributed by atoms with Gasteiger partial charge >= 0.3 is 6.09 Å². The van der Waals surface area contributed by atoms with E-state index in [0.29, 0.717) is 30.2 Å². The molecule has 5 rings (SSSR count). The summed E-state index contributed by atoms with van der Waals surface area (Å²) in [7, 11) is 0. The Balaban J connectivity index is 1.18. The third kappa shape index (κ3) is 6.43. The number of carbonyl (C=O) groups excluding carboxylic acids is 3. The Morgan fingerprint density at radius 1 is 1.10 bits per heavy atom. The van der Waals surface area contributed by atoms with E-state index in [4.69, 9.17) is 9.11 Å². The maximum absolute atomic E-state index is 12.9. The minimum atomic E-state index is -0.359. The van der Waals surface area contributed by atoms with E-state index in [1.807, 2.05) is 6.07 Å². The van der Waals surface area contributed by atoms with Crippen molar-refractivity contribution in [3.63, 3.8) is 0 Å². The van der Waals surface area contributed by atoms with Crippen LogP contribution in [0.25, 0.3) is 10.1 Å². The summed E-state index contributed by atoms with van der Waals surface area (Å²) in [5.74, 6) is 1.48. The van der Waals surface area contributed by atoms with E-state index in [-0.39, 0.29) is 29.7 Å². The minimum absolute atomic E-state index is 0.0455. The van der Waals surface area contributed by atoms with E-state index in [1.165, 1.54) is 26.5 Å². The molecule has 0 spiro atoms. The van der Waals surface area contributed by atoms with Crippen molar-refractivity contribution < 1.29 is 23.6 Å². The molecule has 218 valence electrons. The van der Waals surface area contributed by atoms with Gasteiger partial charge in [-0.2, -0.15) is 4.37 Å². The fourth-order valence-electron chi connectivity index (χ4n) is 6.50. The SMILES string of the molecule is CC(C)CCNC(=O)OC[N+]1(CCCCN2C(=O)C3CCCCC3C2=O)CCN(c2nsc3ccccc23)CC1. The third-order valence-electron chi connectivity index (χ3n) is 9.00. The first kappa shape index (κ1) is 28.8. The number of quaternary nitrogens is 1. The molecule has 3 amide bonds. The summed E-state index contributed by atoms with van der Waals surface area (Å²) in [4.78, 5) is 42.1. The molecule has 40 heavy (non-hydrogen) atoms. The largest absolute Gasteiger partial charge is 0.411 e. The third-order valence-corrected chi connectivity index (χ3v) is 9.82. The molecule has 1 aromatic heterocycles. The molecule has 2 unspecified atom stereocenters. The van der Waals surface area contributed by atoms with Gasteiger partial charge in [-0.15, -0.1) is 0 Å². The molecule has 0 radical (unpaired) electrons. The molecule has 0 bridgehead atoms. The topological polar surface area (TPSA) is 91.8 Å². The molecule has 10 heteroatoms. The molecule has 2 atom stereocenters. The lowest BCUT2D eigenvalue weighted by atomic mass is 9.81. The van der Waals surface area contributed by atoms with Crippen molar-refractivity contribution in [3.8, 4) is 0 Å². The zero-order chi connectivity index (χ0) is 28.1. The van der Waals surface area contributed by atoms with Crippen LogP contribution in [0.2, 0.25) is 0 Å². The van der Waals surface area contributed by atoms with E-state index in [0.717, 1.165) is 83.5 Å². The fourth-order valence-corrected chi connectivity index (χ4v) is 7.29. The number of nitrogens with one attached hydrogen (secondary N) is 1. The summed E-state index contributed by atoms with van der Waals surface area (Å²) in [6.07, 6.45) is 6.01. The predicted molar refractivity (Wildman–Crippen MR) is 157 cm³/mol. The molecule has 1 saturated carbocycles. The van der Waals surface area contributed by atoms with Crippen LogP contribution in [0.5, 0.6) is 0 Å². The summed E-state index contributed by atoms with van der Waals surface area (Å²) in [6, 6.07) is 8.34. The number of piperazine rings is 1.